The lowest BCUT2D eigenvalue weighted by atomic mass is 9.74. The number of nitrogens with zero attached hydrogens (tertiary/aromatic N) is 1. The fraction of sp³-hybridized carbons (Fsp3) is 0.731. The molecular weight excluding hydrogens is 438 g/mol. The molecule has 0 radical (unpaired) electrons. The SMILES string of the molecule is C/C(=C\c1csc(C)n1)[C@@H]1C[C@@H](C)CCCCC[C@H](O)[C@@H](C)C(=O)C(C)(C)[C@@H](O)CC(=O)O1. The number of aliphatic hydroxyl groups is 2. The number of rotatable bonds is 2. The molecule has 1 saturated heterocycles. The van der Waals surface area contributed by atoms with Gasteiger partial charge in [-0.05, 0) is 44.3 Å². The van der Waals surface area contributed by atoms with E-state index in [9.17, 15) is 19.8 Å². The van der Waals surface area contributed by atoms with Gasteiger partial charge in [0, 0.05) is 11.3 Å². The third-order valence-corrected chi connectivity index (χ3v) is 7.72. The predicted octanol–water partition coefficient (Wildman–Crippen LogP) is 5.10. The maximum atomic E-state index is 13.0. The highest BCUT2D eigenvalue weighted by atomic mass is 32.1. The van der Waals surface area contributed by atoms with E-state index in [1.165, 1.54) is 0 Å². The van der Waals surface area contributed by atoms with Crippen molar-refractivity contribution in [3.05, 3.63) is 21.7 Å². The summed E-state index contributed by atoms with van der Waals surface area (Å²) in [5.74, 6) is -1.01. The lowest BCUT2D eigenvalue weighted by Gasteiger charge is -2.33. The Balaban J connectivity index is 2.25. The van der Waals surface area contributed by atoms with Gasteiger partial charge in [0.1, 0.15) is 11.9 Å². The van der Waals surface area contributed by atoms with Crippen LogP contribution in [0.2, 0.25) is 0 Å². The molecule has 0 bridgehead atoms. The van der Waals surface area contributed by atoms with Crippen molar-refractivity contribution in [2.75, 3.05) is 0 Å². The van der Waals surface area contributed by atoms with Crippen molar-refractivity contribution in [3.8, 4) is 0 Å². The molecule has 0 saturated carbocycles. The van der Waals surface area contributed by atoms with E-state index in [-0.39, 0.29) is 12.2 Å². The van der Waals surface area contributed by atoms with E-state index in [1.807, 2.05) is 25.3 Å². The molecule has 6 nitrogen and oxygen atoms in total. The molecule has 5 atom stereocenters. The smallest absolute Gasteiger partial charge is 0.309 e. The van der Waals surface area contributed by atoms with Crippen molar-refractivity contribution in [3.63, 3.8) is 0 Å². The second-order valence-electron chi connectivity index (χ2n) is 10.3. The van der Waals surface area contributed by atoms with Crippen LogP contribution in [0.5, 0.6) is 0 Å². The van der Waals surface area contributed by atoms with Gasteiger partial charge in [-0.1, -0.05) is 53.4 Å². The van der Waals surface area contributed by atoms with Gasteiger partial charge in [0.2, 0.25) is 0 Å². The molecule has 2 heterocycles. The number of carbonyl (C=O) groups excluding carboxylic acids is 2. The Hall–Kier alpha value is -1.57. The third-order valence-electron chi connectivity index (χ3n) is 6.93. The summed E-state index contributed by atoms with van der Waals surface area (Å²) < 4.78 is 5.86. The number of hydrogen-bond acceptors (Lipinski definition) is 7. The zero-order valence-corrected chi connectivity index (χ0v) is 21.8. The van der Waals surface area contributed by atoms with Crippen LogP contribution in [0.4, 0.5) is 0 Å². The van der Waals surface area contributed by atoms with E-state index in [2.05, 4.69) is 11.9 Å². The van der Waals surface area contributed by atoms with Crippen LogP contribution in [0.25, 0.3) is 6.08 Å². The third kappa shape index (κ3) is 8.01. The van der Waals surface area contributed by atoms with Crippen molar-refractivity contribution in [2.24, 2.45) is 17.3 Å². The molecule has 1 aromatic rings. The van der Waals surface area contributed by atoms with Crippen molar-refractivity contribution >= 4 is 29.2 Å². The standard InChI is InChI=1S/C26H41NO5S/c1-16-10-8-7-9-11-21(28)18(3)25(31)26(5,6)23(29)14-24(30)32-22(12-16)17(2)13-20-15-33-19(4)27-20/h13,15-16,18,21-23,28-29H,7-12,14H2,1-6H3/b17-13+/t16-,18+,21-,22-,23-/m0/s1. The van der Waals surface area contributed by atoms with Crippen LogP contribution in [-0.2, 0) is 14.3 Å². The highest BCUT2D eigenvalue weighted by Crippen LogP contribution is 2.31. The molecular formula is C26H41NO5S. The Kier molecular flexibility index (Phi) is 10.3. The Morgan fingerprint density at radius 3 is 2.48 bits per heavy atom. The minimum atomic E-state index is -1.19. The number of hydrogen-bond donors (Lipinski definition) is 2. The highest BCUT2D eigenvalue weighted by Gasteiger charge is 2.41. The van der Waals surface area contributed by atoms with Crippen LogP contribution in [0.1, 0.15) is 90.3 Å². The predicted molar refractivity (Wildman–Crippen MR) is 132 cm³/mol. The van der Waals surface area contributed by atoms with Crippen LogP contribution >= 0.6 is 11.3 Å². The second kappa shape index (κ2) is 12.2. The molecule has 1 aliphatic heterocycles. The summed E-state index contributed by atoms with van der Waals surface area (Å²) in [6.45, 7) is 11.0. The van der Waals surface area contributed by atoms with Gasteiger partial charge in [-0.15, -0.1) is 11.3 Å². The Morgan fingerprint density at radius 1 is 1.18 bits per heavy atom. The molecule has 1 aliphatic rings. The lowest BCUT2D eigenvalue weighted by molar-refractivity contribution is -0.154. The summed E-state index contributed by atoms with van der Waals surface area (Å²) in [6, 6.07) is 0. The molecule has 186 valence electrons. The normalized spacial score (nSPS) is 31.3. The number of cyclic esters (lactones) is 1. The summed E-state index contributed by atoms with van der Waals surface area (Å²) in [5.41, 5.74) is 0.607. The van der Waals surface area contributed by atoms with Gasteiger partial charge in [-0.3, -0.25) is 9.59 Å². The number of thiazole rings is 1. The molecule has 1 aromatic heterocycles. The molecule has 0 spiro atoms. The van der Waals surface area contributed by atoms with Gasteiger partial charge in [0.05, 0.1) is 34.7 Å². The number of ketones is 1. The van der Waals surface area contributed by atoms with E-state index in [0.717, 1.165) is 42.0 Å². The molecule has 7 heteroatoms. The zero-order chi connectivity index (χ0) is 24.8. The zero-order valence-electron chi connectivity index (χ0n) is 21.0. The number of esters is 1. The van der Waals surface area contributed by atoms with Crippen molar-refractivity contribution in [1.29, 1.82) is 0 Å². The Morgan fingerprint density at radius 2 is 1.85 bits per heavy atom. The second-order valence-corrected chi connectivity index (χ2v) is 11.4. The fourth-order valence-corrected chi connectivity index (χ4v) is 4.97. The maximum Gasteiger partial charge on any atom is 0.309 e. The number of ether oxygens (including phenoxy) is 1. The van der Waals surface area contributed by atoms with Crippen molar-refractivity contribution < 1.29 is 24.5 Å². The average Bonchev–Trinajstić information content (AvgIpc) is 3.15. The Labute approximate surface area is 202 Å². The van der Waals surface area contributed by atoms with Crippen LogP contribution in [0.3, 0.4) is 0 Å². The summed E-state index contributed by atoms with van der Waals surface area (Å²) in [5, 5.41) is 24.2. The summed E-state index contributed by atoms with van der Waals surface area (Å²) >= 11 is 1.57. The minimum absolute atomic E-state index is 0.234. The molecule has 33 heavy (non-hydrogen) atoms. The molecule has 0 aromatic carbocycles. The molecule has 0 unspecified atom stereocenters. The summed E-state index contributed by atoms with van der Waals surface area (Å²) in [4.78, 5) is 30.3. The van der Waals surface area contributed by atoms with Gasteiger partial charge in [0.15, 0.2) is 0 Å². The Bertz CT molecular complexity index is 830. The van der Waals surface area contributed by atoms with E-state index in [0.29, 0.717) is 18.8 Å². The minimum Gasteiger partial charge on any atom is -0.458 e. The topological polar surface area (TPSA) is 96.7 Å². The first-order chi connectivity index (χ1) is 15.4. The number of Topliss-reactive ketones (excluding diaryl/α,β-unsaturated/α-hetero) is 1. The summed E-state index contributed by atoms with van der Waals surface area (Å²) in [6.07, 6.45) is 4.45. The molecule has 0 amide bonds. The van der Waals surface area contributed by atoms with Gasteiger partial charge >= 0.3 is 5.97 Å². The monoisotopic (exact) mass is 479 g/mol. The lowest BCUT2D eigenvalue weighted by Crippen LogP contribution is -2.44. The summed E-state index contributed by atoms with van der Waals surface area (Å²) in [7, 11) is 0. The number of aromatic nitrogens is 1. The highest BCUT2D eigenvalue weighted by molar-refractivity contribution is 7.09. The number of aryl methyl sites for hydroxylation is 1. The molecule has 2 rings (SSSR count). The fourth-order valence-electron chi connectivity index (χ4n) is 4.40. The number of carbonyl (C=O) groups is 2. The van der Waals surface area contributed by atoms with Crippen molar-refractivity contribution in [2.45, 2.75) is 105 Å². The number of aliphatic hydroxyl groups excluding tert-OH is 2. The van der Waals surface area contributed by atoms with Crippen LogP contribution in [-0.4, -0.2) is 45.3 Å². The van der Waals surface area contributed by atoms with Crippen LogP contribution in [0.15, 0.2) is 11.0 Å². The largest absolute Gasteiger partial charge is 0.458 e. The van der Waals surface area contributed by atoms with E-state index in [4.69, 9.17) is 4.74 Å². The van der Waals surface area contributed by atoms with Gasteiger partial charge in [-0.25, -0.2) is 4.98 Å². The molecule has 1 fully saturated rings. The first kappa shape index (κ1) is 27.7. The van der Waals surface area contributed by atoms with Crippen LogP contribution < -0.4 is 0 Å². The van der Waals surface area contributed by atoms with E-state index < -0.39 is 35.6 Å². The van der Waals surface area contributed by atoms with E-state index in [1.54, 1.807) is 32.1 Å². The molecule has 2 N–H and O–H groups in total. The average molecular weight is 480 g/mol. The maximum absolute atomic E-state index is 13.0. The molecule has 0 aliphatic carbocycles. The van der Waals surface area contributed by atoms with Crippen molar-refractivity contribution in [1.82, 2.24) is 4.98 Å². The first-order valence-electron chi connectivity index (χ1n) is 12.1. The quantitative estimate of drug-likeness (QED) is 0.573. The van der Waals surface area contributed by atoms with Gasteiger partial charge in [-0.2, -0.15) is 0 Å². The first-order valence-corrected chi connectivity index (χ1v) is 13.0. The van der Waals surface area contributed by atoms with E-state index >= 15 is 0 Å². The van der Waals surface area contributed by atoms with Gasteiger partial charge in [0.25, 0.3) is 0 Å². The van der Waals surface area contributed by atoms with Crippen LogP contribution in [0, 0.1) is 24.2 Å². The van der Waals surface area contributed by atoms with Gasteiger partial charge < -0.3 is 14.9 Å².